The van der Waals surface area contributed by atoms with Gasteiger partial charge in [-0.25, -0.2) is 0 Å². The van der Waals surface area contributed by atoms with Crippen molar-refractivity contribution in [3.8, 4) is 5.75 Å². The van der Waals surface area contributed by atoms with Gasteiger partial charge in [-0.05, 0) is 36.6 Å². The van der Waals surface area contributed by atoms with Crippen LogP contribution in [0, 0.1) is 5.41 Å². The van der Waals surface area contributed by atoms with Crippen molar-refractivity contribution in [2.45, 2.75) is 46.3 Å². The number of ether oxygens (including phenoxy) is 1. The van der Waals surface area contributed by atoms with Crippen molar-refractivity contribution in [1.29, 1.82) is 0 Å². The van der Waals surface area contributed by atoms with Crippen LogP contribution in [-0.4, -0.2) is 47.3 Å². The lowest BCUT2D eigenvalue weighted by Crippen LogP contribution is -2.43. The van der Waals surface area contributed by atoms with Gasteiger partial charge in [-0.2, -0.15) is 0 Å². The van der Waals surface area contributed by atoms with Gasteiger partial charge < -0.3 is 19.8 Å². The largest absolute Gasteiger partial charge is 0.494 e. The number of aliphatic carboxylic acids is 1. The number of hydrogen-bond acceptors (Lipinski definition) is 4. The van der Waals surface area contributed by atoms with Crippen LogP contribution >= 0.6 is 0 Å². The Labute approximate surface area is 138 Å². The summed E-state index contributed by atoms with van der Waals surface area (Å²) in [6.07, 6.45) is 0.950. The molecule has 1 unspecified atom stereocenters. The number of aliphatic hydroxyl groups excluding tert-OH is 1. The van der Waals surface area contributed by atoms with Gasteiger partial charge in [-0.3, -0.25) is 4.79 Å². The van der Waals surface area contributed by atoms with E-state index in [9.17, 15) is 4.79 Å². The number of carbonyl (C=O) groups is 1. The molecule has 0 saturated heterocycles. The molecule has 0 fully saturated rings. The van der Waals surface area contributed by atoms with Crippen LogP contribution in [0.15, 0.2) is 24.3 Å². The zero-order valence-corrected chi connectivity index (χ0v) is 14.6. The lowest BCUT2D eigenvalue weighted by atomic mass is 9.84. The van der Waals surface area contributed by atoms with Crippen LogP contribution in [0.5, 0.6) is 5.75 Å². The third kappa shape index (κ3) is 7.01. The van der Waals surface area contributed by atoms with Crippen molar-refractivity contribution >= 4 is 5.97 Å². The van der Waals surface area contributed by atoms with Crippen molar-refractivity contribution in [1.82, 2.24) is 4.90 Å². The topological polar surface area (TPSA) is 70.0 Å². The van der Waals surface area contributed by atoms with E-state index >= 15 is 0 Å². The molecule has 0 bridgehead atoms. The van der Waals surface area contributed by atoms with Crippen molar-refractivity contribution < 1.29 is 19.7 Å². The third-order valence-corrected chi connectivity index (χ3v) is 3.90. The van der Waals surface area contributed by atoms with E-state index in [0.29, 0.717) is 6.61 Å². The van der Waals surface area contributed by atoms with Crippen LogP contribution < -0.4 is 4.74 Å². The molecule has 0 amide bonds. The molecule has 0 heterocycles. The molecule has 2 N–H and O–H groups in total. The second-order valence-electron chi connectivity index (χ2n) is 6.97. The van der Waals surface area contributed by atoms with Crippen LogP contribution in [0.1, 0.15) is 39.2 Å². The number of carboxylic acid groups (broad SMARTS) is 1. The molecule has 5 heteroatoms. The average molecular weight is 323 g/mol. The summed E-state index contributed by atoms with van der Waals surface area (Å²) >= 11 is 0. The summed E-state index contributed by atoms with van der Waals surface area (Å²) in [5, 5.41) is 18.2. The zero-order valence-electron chi connectivity index (χ0n) is 14.6. The highest BCUT2D eigenvalue weighted by molar-refractivity contribution is 5.67. The number of nitrogens with zero attached hydrogens (tertiary/aromatic N) is 1. The minimum absolute atomic E-state index is 0.00237. The van der Waals surface area contributed by atoms with Gasteiger partial charge in [-0.1, -0.05) is 32.9 Å². The molecular formula is C18H29NO4. The maximum atomic E-state index is 11.1. The molecule has 1 aromatic carbocycles. The van der Waals surface area contributed by atoms with Crippen molar-refractivity contribution in [2.75, 3.05) is 20.2 Å². The lowest BCUT2D eigenvalue weighted by molar-refractivity contribution is -0.139. The summed E-state index contributed by atoms with van der Waals surface area (Å²) in [5.41, 5.74) is 0.734. The Morgan fingerprint density at radius 3 is 2.61 bits per heavy atom. The first-order chi connectivity index (χ1) is 10.7. The molecule has 0 aliphatic rings. The Morgan fingerprint density at radius 2 is 2.04 bits per heavy atom. The molecule has 1 aromatic rings. The van der Waals surface area contributed by atoms with E-state index in [-0.39, 0.29) is 24.5 Å². The summed E-state index contributed by atoms with van der Waals surface area (Å²) in [6.45, 7) is 7.52. The first kappa shape index (κ1) is 19.5. The van der Waals surface area contributed by atoms with Gasteiger partial charge in [0.05, 0.1) is 19.6 Å². The molecule has 0 radical (unpaired) electrons. The number of carboxylic acids is 1. The molecule has 0 aliphatic heterocycles. The Morgan fingerprint density at radius 1 is 1.35 bits per heavy atom. The highest BCUT2D eigenvalue weighted by Gasteiger charge is 2.30. The Bertz CT molecular complexity index is 496. The monoisotopic (exact) mass is 323 g/mol. The quantitative estimate of drug-likeness (QED) is 0.684. The minimum Gasteiger partial charge on any atom is -0.494 e. The van der Waals surface area contributed by atoms with E-state index < -0.39 is 5.97 Å². The molecule has 1 rings (SSSR count). The molecule has 0 spiro atoms. The van der Waals surface area contributed by atoms with Gasteiger partial charge in [0.15, 0.2) is 0 Å². The lowest BCUT2D eigenvalue weighted by Gasteiger charge is -2.37. The summed E-state index contributed by atoms with van der Waals surface area (Å²) in [4.78, 5) is 13.2. The van der Waals surface area contributed by atoms with E-state index in [1.807, 2.05) is 31.3 Å². The molecular weight excluding hydrogens is 294 g/mol. The molecule has 23 heavy (non-hydrogen) atoms. The predicted molar refractivity (Wildman–Crippen MR) is 90.6 cm³/mol. The molecule has 0 aliphatic carbocycles. The molecule has 1 atom stereocenters. The summed E-state index contributed by atoms with van der Waals surface area (Å²) in [6, 6.07) is 7.38. The molecule has 0 aromatic heterocycles. The van der Waals surface area contributed by atoms with Crippen molar-refractivity contribution in [2.24, 2.45) is 5.41 Å². The highest BCUT2D eigenvalue weighted by atomic mass is 16.5. The third-order valence-electron chi connectivity index (χ3n) is 3.90. The van der Waals surface area contributed by atoms with E-state index in [4.69, 9.17) is 14.9 Å². The Hall–Kier alpha value is -1.59. The SMILES string of the molecule is CN(CCCOc1cccc(CO)c1)C(CC(=O)O)C(C)(C)C. The summed E-state index contributed by atoms with van der Waals surface area (Å²) in [5.74, 6) is -0.0223. The van der Waals surface area contributed by atoms with Gasteiger partial charge in [0, 0.05) is 12.6 Å². The number of benzene rings is 1. The van der Waals surface area contributed by atoms with Gasteiger partial charge in [0.2, 0.25) is 0 Å². The van der Waals surface area contributed by atoms with Gasteiger partial charge in [0.1, 0.15) is 5.75 Å². The molecule has 0 saturated carbocycles. The second-order valence-corrected chi connectivity index (χ2v) is 6.97. The van der Waals surface area contributed by atoms with Crippen LogP contribution in [0.25, 0.3) is 0 Å². The number of hydrogen-bond donors (Lipinski definition) is 2. The highest BCUT2D eigenvalue weighted by Crippen LogP contribution is 2.26. The first-order valence-electron chi connectivity index (χ1n) is 7.98. The maximum Gasteiger partial charge on any atom is 0.304 e. The number of rotatable bonds is 9. The van der Waals surface area contributed by atoms with Crippen LogP contribution in [0.4, 0.5) is 0 Å². The smallest absolute Gasteiger partial charge is 0.304 e. The second kappa shape index (κ2) is 8.89. The molecule has 130 valence electrons. The fourth-order valence-electron chi connectivity index (χ4n) is 2.68. The normalized spacial score (nSPS) is 13.1. The van der Waals surface area contributed by atoms with Gasteiger partial charge in [0.25, 0.3) is 0 Å². The van der Waals surface area contributed by atoms with Gasteiger partial charge in [-0.15, -0.1) is 0 Å². The first-order valence-corrected chi connectivity index (χ1v) is 7.98. The fourth-order valence-corrected chi connectivity index (χ4v) is 2.68. The molecule has 5 nitrogen and oxygen atoms in total. The van der Waals surface area contributed by atoms with Crippen LogP contribution in [0.3, 0.4) is 0 Å². The van der Waals surface area contributed by atoms with E-state index in [1.165, 1.54) is 0 Å². The van der Waals surface area contributed by atoms with E-state index in [0.717, 1.165) is 24.3 Å². The predicted octanol–water partition coefficient (Wildman–Crippen LogP) is 2.77. The van der Waals surface area contributed by atoms with Gasteiger partial charge >= 0.3 is 5.97 Å². The minimum atomic E-state index is -0.770. The summed E-state index contributed by atoms with van der Waals surface area (Å²) in [7, 11) is 1.96. The Kier molecular flexibility index (Phi) is 7.52. The zero-order chi connectivity index (χ0) is 17.5. The fraction of sp³-hybridized carbons (Fsp3) is 0.611. The van der Waals surface area contributed by atoms with E-state index in [2.05, 4.69) is 25.7 Å². The van der Waals surface area contributed by atoms with Crippen LogP contribution in [0.2, 0.25) is 0 Å². The standard InChI is InChI=1S/C18H29NO4/c1-18(2,3)16(12-17(21)22)19(4)9-6-10-23-15-8-5-7-14(11-15)13-20/h5,7-8,11,16,20H,6,9-10,12-13H2,1-4H3,(H,21,22). The maximum absolute atomic E-state index is 11.1. The van der Waals surface area contributed by atoms with E-state index in [1.54, 1.807) is 0 Å². The van der Waals surface area contributed by atoms with Crippen molar-refractivity contribution in [3.05, 3.63) is 29.8 Å². The number of aliphatic hydroxyl groups is 1. The average Bonchev–Trinajstić information content (AvgIpc) is 2.48. The Balaban J connectivity index is 2.44. The summed E-state index contributed by atoms with van der Waals surface area (Å²) < 4.78 is 5.69. The van der Waals surface area contributed by atoms with Crippen molar-refractivity contribution in [3.63, 3.8) is 0 Å². The van der Waals surface area contributed by atoms with Crippen LogP contribution in [-0.2, 0) is 11.4 Å².